The molecule has 0 radical (unpaired) electrons. The predicted octanol–water partition coefficient (Wildman–Crippen LogP) is 3.53. The normalized spacial score (nSPS) is 19.1. The summed E-state index contributed by atoms with van der Waals surface area (Å²) in [6, 6.07) is 4.39. The van der Waals surface area contributed by atoms with Crippen molar-refractivity contribution < 1.29 is 9.50 Å². The molecule has 1 atom stereocenters. The van der Waals surface area contributed by atoms with E-state index in [1.165, 1.54) is 23.9 Å². The second-order valence-corrected chi connectivity index (χ2v) is 9.94. The summed E-state index contributed by atoms with van der Waals surface area (Å²) in [4.78, 5) is 15.8. The number of nitrogens with zero attached hydrogens (tertiary/aromatic N) is 4. The molecule has 1 aliphatic carbocycles. The zero-order valence-electron chi connectivity index (χ0n) is 17.6. The summed E-state index contributed by atoms with van der Waals surface area (Å²) in [7, 11) is 0. The lowest BCUT2D eigenvalue weighted by molar-refractivity contribution is 0.187. The Morgan fingerprint density at radius 1 is 1.18 bits per heavy atom. The molecule has 0 amide bonds. The number of halogens is 2. The lowest BCUT2D eigenvalue weighted by Gasteiger charge is -2.42. The number of pyridine rings is 1. The van der Waals surface area contributed by atoms with Crippen LogP contribution in [0.2, 0.25) is 5.02 Å². The van der Waals surface area contributed by atoms with Crippen LogP contribution in [-0.4, -0.2) is 33.1 Å². The summed E-state index contributed by atoms with van der Waals surface area (Å²) in [6.07, 6.45) is 5.61. The molecule has 33 heavy (non-hydrogen) atoms. The number of aromatic hydroxyl groups is 1. The smallest absolute Gasteiger partial charge is 0.165 e. The third-order valence-corrected chi connectivity index (χ3v) is 8.25. The lowest BCUT2D eigenvalue weighted by atomic mass is 9.73. The maximum Gasteiger partial charge on any atom is 0.165 e. The highest BCUT2D eigenvalue weighted by Gasteiger charge is 2.46. The number of aromatic nitrogens is 3. The summed E-state index contributed by atoms with van der Waals surface area (Å²) in [5.41, 5.74) is 20.1. The van der Waals surface area contributed by atoms with Gasteiger partial charge in [-0.3, -0.25) is 0 Å². The second-order valence-electron chi connectivity index (χ2n) is 8.54. The molecule has 2 aromatic heterocycles. The molecule has 8 nitrogen and oxygen atoms in total. The fourth-order valence-corrected chi connectivity index (χ4v) is 5.80. The number of phenols is 1. The monoisotopic (exact) mass is 487 g/mol. The van der Waals surface area contributed by atoms with Gasteiger partial charge in [0.15, 0.2) is 17.4 Å². The standard InChI is InChI=1S/C22H23ClFN7OS/c23-17-15(1-4-28-19(17)26)33-21-20(27)30-16(10-29-21)31-5-2-22(3-6-31)9-11-7-13(24)14(32)8-12(11)18(22)25/h1,4,7-8,10,18,32H,2-3,5-6,9,25H2,(H2,26,28)(H2,27,30)/t18-/m1/s1. The maximum atomic E-state index is 13.8. The Labute approximate surface area is 199 Å². The highest BCUT2D eigenvalue weighted by molar-refractivity contribution is 7.99. The number of anilines is 3. The molecular weight excluding hydrogens is 465 g/mol. The van der Waals surface area contributed by atoms with Crippen molar-refractivity contribution in [3.63, 3.8) is 0 Å². The van der Waals surface area contributed by atoms with E-state index in [4.69, 9.17) is 28.8 Å². The Morgan fingerprint density at radius 2 is 1.94 bits per heavy atom. The van der Waals surface area contributed by atoms with Crippen LogP contribution in [0.1, 0.15) is 30.0 Å². The number of hydrogen-bond acceptors (Lipinski definition) is 9. The SMILES string of the molecule is Nc1nc(N2CCC3(CC2)Cc2cc(F)c(O)cc2[C@H]3N)cnc1Sc1ccnc(N)c1Cl. The van der Waals surface area contributed by atoms with Gasteiger partial charge >= 0.3 is 0 Å². The molecule has 2 aliphatic rings. The van der Waals surface area contributed by atoms with Crippen LogP contribution in [0.15, 0.2) is 40.5 Å². The Morgan fingerprint density at radius 3 is 2.67 bits per heavy atom. The van der Waals surface area contributed by atoms with Gasteiger partial charge in [0, 0.05) is 30.2 Å². The van der Waals surface area contributed by atoms with E-state index in [-0.39, 0.29) is 23.0 Å². The molecule has 0 bridgehead atoms. The van der Waals surface area contributed by atoms with Crippen LogP contribution in [0.4, 0.5) is 21.8 Å². The van der Waals surface area contributed by atoms with E-state index in [1.54, 1.807) is 18.5 Å². The van der Waals surface area contributed by atoms with Gasteiger partial charge in [-0.1, -0.05) is 23.4 Å². The number of piperidine rings is 1. The third kappa shape index (κ3) is 3.81. The number of rotatable bonds is 3. The van der Waals surface area contributed by atoms with Crippen molar-refractivity contribution in [2.45, 2.75) is 35.2 Å². The van der Waals surface area contributed by atoms with E-state index >= 15 is 0 Å². The molecule has 1 saturated heterocycles. The molecule has 5 rings (SSSR count). The van der Waals surface area contributed by atoms with Gasteiger partial charge in [0.1, 0.15) is 16.7 Å². The van der Waals surface area contributed by atoms with Crippen molar-refractivity contribution in [3.05, 3.63) is 52.6 Å². The van der Waals surface area contributed by atoms with Crippen LogP contribution in [0.25, 0.3) is 0 Å². The molecule has 1 fully saturated rings. The molecule has 0 saturated carbocycles. The quantitative estimate of drug-likeness (QED) is 0.436. The Bertz CT molecular complexity index is 1240. The third-order valence-electron chi connectivity index (χ3n) is 6.67. The number of phenolic OH excluding ortho intramolecular Hbond substituents is 1. The van der Waals surface area contributed by atoms with Crippen LogP contribution in [0, 0.1) is 11.2 Å². The van der Waals surface area contributed by atoms with E-state index < -0.39 is 5.82 Å². The maximum absolute atomic E-state index is 13.8. The second kappa shape index (κ2) is 8.19. The first kappa shape index (κ1) is 22.0. The Kier molecular flexibility index (Phi) is 5.46. The van der Waals surface area contributed by atoms with Gasteiger partial charge in [-0.15, -0.1) is 0 Å². The van der Waals surface area contributed by atoms with Crippen LogP contribution >= 0.6 is 23.4 Å². The predicted molar refractivity (Wildman–Crippen MR) is 127 cm³/mol. The largest absolute Gasteiger partial charge is 0.505 e. The Balaban J connectivity index is 1.30. The first-order chi connectivity index (χ1) is 15.8. The highest BCUT2D eigenvalue weighted by atomic mass is 35.5. The van der Waals surface area contributed by atoms with Crippen molar-refractivity contribution >= 4 is 40.8 Å². The van der Waals surface area contributed by atoms with Crippen molar-refractivity contribution in [1.29, 1.82) is 0 Å². The first-order valence-corrected chi connectivity index (χ1v) is 11.7. The van der Waals surface area contributed by atoms with Gasteiger partial charge in [-0.25, -0.2) is 19.3 Å². The molecule has 3 heterocycles. The fourth-order valence-electron chi connectivity index (χ4n) is 4.79. The van der Waals surface area contributed by atoms with Gasteiger partial charge < -0.3 is 27.2 Å². The van der Waals surface area contributed by atoms with Gasteiger partial charge in [0.2, 0.25) is 0 Å². The number of fused-ring (bicyclic) bond motifs is 1. The van der Waals surface area contributed by atoms with Gasteiger partial charge in [-0.2, -0.15) is 0 Å². The average molecular weight is 488 g/mol. The van der Waals surface area contributed by atoms with Crippen molar-refractivity contribution in [2.75, 3.05) is 29.5 Å². The van der Waals surface area contributed by atoms with E-state index in [9.17, 15) is 9.50 Å². The van der Waals surface area contributed by atoms with E-state index in [1.807, 2.05) is 0 Å². The van der Waals surface area contributed by atoms with Crippen LogP contribution < -0.4 is 22.1 Å². The molecule has 1 aromatic carbocycles. The average Bonchev–Trinajstić information content (AvgIpc) is 3.04. The van der Waals surface area contributed by atoms with E-state index in [0.717, 1.165) is 37.1 Å². The number of hydrogen-bond donors (Lipinski definition) is 4. The van der Waals surface area contributed by atoms with Crippen molar-refractivity contribution in [2.24, 2.45) is 11.1 Å². The minimum absolute atomic E-state index is 0.161. The highest BCUT2D eigenvalue weighted by Crippen LogP contribution is 2.52. The van der Waals surface area contributed by atoms with E-state index in [2.05, 4.69) is 19.9 Å². The molecule has 7 N–H and O–H groups in total. The topological polar surface area (TPSA) is 140 Å². The van der Waals surface area contributed by atoms with Crippen LogP contribution in [-0.2, 0) is 6.42 Å². The lowest BCUT2D eigenvalue weighted by Crippen LogP contribution is -2.44. The van der Waals surface area contributed by atoms with Gasteiger partial charge in [0.05, 0.1) is 11.2 Å². The summed E-state index contributed by atoms with van der Waals surface area (Å²) < 4.78 is 13.8. The summed E-state index contributed by atoms with van der Waals surface area (Å²) in [5, 5.41) is 10.7. The molecular formula is C22H23ClFN7OS. The molecule has 3 aromatic rings. The van der Waals surface area contributed by atoms with Crippen LogP contribution in [0.5, 0.6) is 5.75 Å². The Hall–Kier alpha value is -2.82. The minimum Gasteiger partial charge on any atom is -0.505 e. The van der Waals surface area contributed by atoms with Crippen molar-refractivity contribution in [1.82, 2.24) is 15.0 Å². The first-order valence-electron chi connectivity index (χ1n) is 10.5. The number of benzene rings is 1. The van der Waals surface area contributed by atoms with Crippen molar-refractivity contribution in [3.8, 4) is 5.75 Å². The van der Waals surface area contributed by atoms with Gasteiger partial charge in [0.25, 0.3) is 0 Å². The molecule has 172 valence electrons. The molecule has 1 aliphatic heterocycles. The zero-order valence-corrected chi connectivity index (χ0v) is 19.2. The van der Waals surface area contributed by atoms with E-state index in [0.29, 0.717) is 33.0 Å². The van der Waals surface area contributed by atoms with Gasteiger partial charge in [-0.05, 0) is 54.0 Å². The van der Waals surface area contributed by atoms with Crippen LogP contribution in [0.3, 0.4) is 0 Å². The molecule has 1 spiro atoms. The number of nitrogen functional groups attached to an aromatic ring is 2. The fraction of sp³-hybridized carbons (Fsp3) is 0.318. The minimum atomic E-state index is -0.602. The molecule has 0 unspecified atom stereocenters. The zero-order chi connectivity index (χ0) is 23.3. The summed E-state index contributed by atoms with van der Waals surface area (Å²) >= 11 is 7.50. The summed E-state index contributed by atoms with van der Waals surface area (Å²) in [6.45, 7) is 1.45. The number of nitrogens with two attached hydrogens (primary N) is 3. The molecule has 11 heteroatoms. The summed E-state index contributed by atoms with van der Waals surface area (Å²) in [5.74, 6) is 0.297.